The van der Waals surface area contributed by atoms with E-state index in [1.807, 2.05) is 43.3 Å². The lowest BCUT2D eigenvalue weighted by Gasteiger charge is -2.27. The molecule has 0 bridgehead atoms. The number of hydrogen-bond acceptors (Lipinski definition) is 6. The van der Waals surface area contributed by atoms with Gasteiger partial charge in [-0.05, 0) is 42.8 Å². The molecule has 0 unspecified atom stereocenters. The Balaban J connectivity index is 1.45. The van der Waals surface area contributed by atoms with Gasteiger partial charge >= 0.3 is 0 Å². The molecule has 0 atom stereocenters. The van der Waals surface area contributed by atoms with Gasteiger partial charge in [-0.15, -0.1) is 0 Å². The zero-order valence-corrected chi connectivity index (χ0v) is 18.2. The molecule has 4 aromatic rings. The summed E-state index contributed by atoms with van der Waals surface area (Å²) in [5.41, 5.74) is 4.85. The Morgan fingerprint density at radius 3 is 2.88 bits per heavy atom. The lowest BCUT2D eigenvalue weighted by Crippen LogP contribution is -2.35. The van der Waals surface area contributed by atoms with E-state index in [1.165, 1.54) is 11.0 Å². The minimum Gasteiger partial charge on any atom is -0.496 e. The van der Waals surface area contributed by atoms with E-state index in [4.69, 9.17) is 9.47 Å². The highest BCUT2D eigenvalue weighted by Crippen LogP contribution is 2.23. The van der Waals surface area contributed by atoms with Gasteiger partial charge in [0.25, 0.3) is 5.56 Å². The maximum absolute atomic E-state index is 13.0. The van der Waals surface area contributed by atoms with Gasteiger partial charge in [-0.2, -0.15) is 9.78 Å². The normalized spacial score (nSPS) is 15.2. The van der Waals surface area contributed by atoms with Crippen molar-refractivity contribution in [2.75, 3.05) is 33.4 Å². The summed E-state index contributed by atoms with van der Waals surface area (Å²) in [6.45, 7) is 6.08. The van der Waals surface area contributed by atoms with Crippen molar-refractivity contribution in [3.8, 4) is 5.75 Å². The van der Waals surface area contributed by atoms with Crippen molar-refractivity contribution in [1.82, 2.24) is 19.5 Å². The van der Waals surface area contributed by atoms with E-state index in [9.17, 15) is 4.79 Å². The molecule has 3 heterocycles. The first kappa shape index (κ1) is 20.4. The summed E-state index contributed by atoms with van der Waals surface area (Å²) in [4.78, 5) is 23.0. The van der Waals surface area contributed by atoms with Crippen molar-refractivity contribution in [3.05, 3.63) is 69.8 Å². The van der Waals surface area contributed by atoms with E-state index in [0.717, 1.165) is 66.2 Å². The number of nitrogens with one attached hydrogen (secondary N) is 1. The first-order valence-electron chi connectivity index (χ1n) is 10.6. The molecule has 0 radical (unpaired) electrons. The summed E-state index contributed by atoms with van der Waals surface area (Å²) < 4.78 is 12.2. The Labute approximate surface area is 185 Å². The molecule has 2 aromatic carbocycles. The topological polar surface area (TPSA) is 84.7 Å². The number of nitrogens with zero attached hydrogens (tertiary/aromatic N) is 4. The third-order valence-electron chi connectivity index (χ3n) is 5.78. The number of morpholine rings is 1. The highest BCUT2D eigenvalue weighted by atomic mass is 16.5. The summed E-state index contributed by atoms with van der Waals surface area (Å²) >= 11 is 0. The average molecular weight is 431 g/mol. The number of rotatable bonds is 5. The highest BCUT2D eigenvalue weighted by Gasteiger charge is 2.14. The Bertz CT molecular complexity index is 1370. The van der Waals surface area contributed by atoms with Crippen LogP contribution in [0.3, 0.4) is 0 Å². The van der Waals surface area contributed by atoms with E-state index in [1.54, 1.807) is 13.3 Å². The van der Waals surface area contributed by atoms with Crippen molar-refractivity contribution in [2.24, 2.45) is 5.10 Å². The van der Waals surface area contributed by atoms with Crippen LogP contribution in [0.2, 0.25) is 0 Å². The van der Waals surface area contributed by atoms with Crippen LogP contribution in [0.15, 0.2) is 52.6 Å². The number of H-pyrrole nitrogens is 1. The number of methoxy groups -OCH3 is 1. The molecule has 5 rings (SSSR count). The van der Waals surface area contributed by atoms with E-state index in [-0.39, 0.29) is 5.56 Å². The molecule has 1 N–H and O–H groups in total. The van der Waals surface area contributed by atoms with Gasteiger partial charge in [-0.3, -0.25) is 9.69 Å². The smallest absolute Gasteiger partial charge is 0.298 e. The molecule has 164 valence electrons. The number of fused-ring (bicyclic) bond motifs is 3. The van der Waals surface area contributed by atoms with Crippen LogP contribution in [0, 0.1) is 6.92 Å². The van der Waals surface area contributed by atoms with E-state index in [2.05, 4.69) is 20.0 Å². The van der Waals surface area contributed by atoms with Gasteiger partial charge in [0, 0.05) is 36.1 Å². The lowest BCUT2D eigenvalue weighted by molar-refractivity contribution is 0.0339. The molecule has 8 heteroatoms. The number of aryl methyl sites for hydroxylation is 1. The van der Waals surface area contributed by atoms with Gasteiger partial charge in [0.2, 0.25) is 0 Å². The summed E-state index contributed by atoms with van der Waals surface area (Å²) in [7, 11) is 1.67. The molecule has 0 spiro atoms. The molecule has 32 heavy (non-hydrogen) atoms. The second-order valence-corrected chi connectivity index (χ2v) is 8.00. The Morgan fingerprint density at radius 2 is 2.06 bits per heavy atom. The summed E-state index contributed by atoms with van der Waals surface area (Å²) in [6, 6.07) is 11.9. The number of aromatic nitrogens is 3. The molecule has 8 nitrogen and oxygen atoms in total. The molecule has 1 aliphatic rings. The van der Waals surface area contributed by atoms with Crippen LogP contribution in [0.5, 0.6) is 5.75 Å². The molecule has 0 saturated carbocycles. The monoisotopic (exact) mass is 431 g/mol. The van der Waals surface area contributed by atoms with Gasteiger partial charge in [0.1, 0.15) is 23.1 Å². The van der Waals surface area contributed by atoms with Gasteiger partial charge in [-0.25, -0.2) is 4.98 Å². The second kappa shape index (κ2) is 8.57. The molecular formula is C24H25N5O3. The van der Waals surface area contributed by atoms with Crippen molar-refractivity contribution in [1.29, 1.82) is 0 Å². The average Bonchev–Trinajstić information content (AvgIpc) is 3.18. The molecule has 0 amide bonds. The fourth-order valence-electron chi connectivity index (χ4n) is 4.07. The molecular weight excluding hydrogens is 406 g/mol. The largest absolute Gasteiger partial charge is 0.496 e. The Morgan fingerprint density at radius 1 is 1.22 bits per heavy atom. The predicted molar refractivity (Wildman–Crippen MR) is 125 cm³/mol. The van der Waals surface area contributed by atoms with E-state index < -0.39 is 0 Å². The van der Waals surface area contributed by atoms with Crippen molar-refractivity contribution in [2.45, 2.75) is 13.5 Å². The number of ether oxygens (including phenoxy) is 2. The minimum atomic E-state index is -0.234. The van der Waals surface area contributed by atoms with E-state index in [0.29, 0.717) is 11.0 Å². The molecule has 1 aliphatic heterocycles. The maximum Gasteiger partial charge on any atom is 0.298 e. The Kier molecular flexibility index (Phi) is 5.46. The molecule has 2 aromatic heterocycles. The lowest BCUT2D eigenvalue weighted by atomic mass is 10.1. The van der Waals surface area contributed by atoms with Crippen LogP contribution in [0.25, 0.3) is 21.9 Å². The van der Waals surface area contributed by atoms with E-state index >= 15 is 0 Å². The first-order valence-corrected chi connectivity index (χ1v) is 10.6. The van der Waals surface area contributed by atoms with Crippen LogP contribution in [0.1, 0.15) is 16.7 Å². The maximum atomic E-state index is 13.0. The number of benzene rings is 2. The van der Waals surface area contributed by atoms with Crippen LogP contribution in [-0.4, -0.2) is 59.2 Å². The molecule has 1 fully saturated rings. The fourth-order valence-corrected chi connectivity index (χ4v) is 4.07. The quantitative estimate of drug-likeness (QED) is 0.491. The highest BCUT2D eigenvalue weighted by molar-refractivity contribution is 6.04. The third kappa shape index (κ3) is 3.90. The first-order chi connectivity index (χ1) is 15.6. The zero-order valence-electron chi connectivity index (χ0n) is 18.2. The minimum absolute atomic E-state index is 0.234. The summed E-state index contributed by atoms with van der Waals surface area (Å²) in [5, 5.41) is 5.32. The second-order valence-electron chi connectivity index (χ2n) is 8.00. The predicted octanol–water partition coefficient (Wildman–Crippen LogP) is 2.91. The fraction of sp³-hybridized carbons (Fsp3) is 0.292. The van der Waals surface area contributed by atoms with Crippen LogP contribution in [0.4, 0.5) is 0 Å². The van der Waals surface area contributed by atoms with Gasteiger partial charge < -0.3 is 14.5 Å². The third-order valence-corrected chi connectivity index (χ3v) is 5.78. The van der Waals surface area contributed by atoms with Gasteiger partial charge in [-0.1, -0.05) is 11.6 Å². The standard InChI is InChI=1S/C24H25N5O3/c1-16-3-5-20-19(11-16)22-23(27-20)24(30)29(15-25-22)26-13-17-4-6-21(31-2)18(12-17)14-28-7-9-32-10-8-28/h3-6,11-13,15,27H,7-10,14H2,1-2H3. The van der Waals surface area contributed by atoms with Crippen LogP contribution < -0.4 is 10.3 Å². The van der Waals surface area contributed by atoms with Crippen LogP contribution >= 0.6 is 0 Å². The number of hydrogen-bond donors (Lipinski definition) is 1. The van der Waals surface area contributed by atoms with Crippen LogP contribution in [-0.2, 0) is 11.3 Å². The van der Waals surface area contributed by atoms with Crippen molar-refractivity contribution in [3.63, 3.8) is 0 Å². The molecule has 0 aliphatic carbocycles. The van der Waals surface area contributed by atoms with Gasteiger partial charge in [0.15, 0.2) is 0 Å². The van der Waals surface area contributed by atoms with Crippen molar-refractivity contribution < 1.29 is 9.47 Å². The zero-order chi connectivity index (χ0) is 22.1. The summed E-state index contributed by atoms with van der Waals surface area (Å²) in [6.07, 6.45) is 3.14. The van der Waals surface area contributed by atoms with Crippen molar-refractivity contribution >= 4 is 28.2 Å². The van der Waals surface area contributed by atoms with Gasteiger partial charge in [0.05, 0.1) is 26.5 Å². The SMILES string of the molecule is COc1ccc(C=Nn2cnc3c([nH]c4ccc(C)cc43)c2=O)cc1CN1CCOCC1. The molecule has 1 saturated heterocycles. The Hall–Kier alpha value is -3.49. The number of aromatic amines is 1. The summed E-state index contributed by atoms with van der Waals surface area (Å²) in [5.74, 6) is 0.835.